The number of rotatable bonds is 36. The highest BCUT2D eigenvalue weighted by Gasteiger charge is 2.17. The molecule has 0 aromatic carbocycles. The Kier molecular flexibility index (Phi) is 38.0. The third-order valence-corrected chi connectivity index (χ3v) is 8.98. The molecule has 4 heteroatoms. The van der Waals surface area contributed by atoms with Crippen LogP contribution in [0.3, 0.4) is 0 Å². The Morgan fingerprint density at radius 3 is 1.46 bits per heavy atom. The van der Waals surface area contributed by atoms with Gasteiger partial charge in [0, 0.05) is 6.42 Å². The van der Waals surface area contributed by atoms with Crippen LogP contribution in [-0.4, -0.2) is 34.9 Å². The van der Waals surface area contributed by atoms with E-state index in [1.54, 1.807) is 6.08 Å². The predicted octanol–water partition coefficient (Wildman–Crippen LogP) is 12.6. The number of carbonyl (C=O) groups is 1. The molecule has 0 rings (SSSR count). The van der Waals surface area contributed by atoms with Crippen LogP contribution in [0.1, 0.15) is 194 Å². The molecule has 2 atom stereocenters. The first-order valence-electron chi connectivity index (χ1n) is 20.5. The van der Waals surface area contributed by atoms with Gasteiger partial charge in [-0.15, -0.1) is 0 Å². The summed E-state index contributed by atoms with van der Waals surface area (Å²) in [5.41, 5.74) is 0. The van der Waals surface area contributed by atoms with Crippen LogP contribution in [0.5, 0.6) is 0 Å². The zero-order chi connectivity index (χ0) is 35.0. The molecular formula is C44H79NO3. The average Bonchev–Trinajstić information content (AvgIpc) is 3.09. The van der Waals surface area contributed by atoms with E-state index < -0.39 is 12.1 Å². The quantitative estimate of drug-likeness (QED) is 0.0459. The van der Waals surface area contributed by atoms with E-state index in [1.165, 1.54) is 109 Å². The maximum atomic E-state index is 12.3. The lowest BCUT2D eigenvalue weighted by molar-refractivity contribution is -0.123. The monoisotopic (exact) mass is 670 g/mol. The molecule has 1 amide bonds. The highest BCUT2D eigenvalue weighted by Crippen LogP contribution is 2.14. The lowest BCUT2D eigenvalue weighted by atomic mass is 10.0. The number of unbranched alkanes of at least 4 members (excludes halogenated alkanes) is 21. The van der Waals surface area contributed by atoms with Gasteiger partial charge in [-0.3, -0.25) is 4.79 Å². The highest BCUT2D eigenvalue weighted by atomic mass is 16.3. The number of aliphatic hydroxyl groups excluding tert-OH is 2. The zero-order valence-corrected chi connectivity index (χ0v) is 31.7. The van der Waals surface area contributed by atoms with Gasteiger partial charge in [0.2, 0.25) is 5.91 Å². The Morgan fingerprint density at radius 1 is 0.521 bits per heavy atom. The lowest BCUT2D eigenvalue weighted by Gasteiger charge is -2.19. The Hall–Kier alpha value is -1.91. The first-order valence-corrected chi connectivity index (χ1v) is 20.5. The van der Waals surface area contributed by atoms with Crippen LogP contribution in [-0.2, 0) is 4.79 Å². The maximum Gasteiger partial charge on any atom is 0.220 e. The van der Waals surface area contributed by atoms with Crippen LogP contribution in [0.25, 0.3) is 0 Å². The molecule has 0 aromatic heterocycles. The molecule has 0 aliphatic rings. The van der Waals surface area contributed by atoms with Crippen LogP contribution < -0.4 is 5.32 Å². The number of hydrogen-bond donors (Lipinski definition) is 3. The van der Waals surface area contributed by atoms with E-state index in [0.717, 1.165) is 64.2 Å². The molecule has 0 radical (unpaired) electrons. The second kappa shape index (κ2) is 39.5. The molecule has 0 aliphatic carbocycles. The van der Waals surface area contributed by atoms with E-state index in [-0.39, 0.29) is 12.5 Å². The van der Waals surface area contributed by atoms with Gasteiger partial charge in [-0.1, -0.05) is 184 Å². The number of carbonyl (C=O) groups excluding carboxylic acids is 1. The molecule has 0 bridgehead atoms. The van der Waals surface area contributed by atoms with E-state index >= 15 is 0 Å². The number of nitrogens with one attached hydrogen (secondary N) is 1. The normalized spacial score (nSPS) is 13.7. The largest absolute Gasteiger partial charge is 0.394 e. The zero-order valence-electron chi connectivity index (χ0n) is 31.7. The molecule has 278 valence electrons. The molecule has 0 aromatic rings. The van der Waals surface area contributed by atoms with Crippen molar-refractivity contribution in [2.45, 2.75) is 206 Å². The van der Waals surface area contributed by atoms with E-state index in [4.69, 9.17) is 0 Å². The summed E-state index contributed by atoms with van der Waals surface area (Å²) < 4.78 is 0. The molecule has 0 fully saturated rings. The minimum Gasteiger partial charge on any atom is -0.394 e. The Morgan fingerprint density at radius 2 is 0.938 bits per heavy atom. The number of aliphatic hydroxyl groups is 2. The van der Waals surface area contributed by atoms with Crippen molar-refractivity contribution in [3.05, 3.63) is 60.8 Å². The lowest BCUT2D eigenvalue weighted by Crippen LogP contribution is -2.45. The molecule has 0 saturated carbocycles. The summed E-state index contributed by atoms with van der Waals surface area (Å²) in [5, 5.41) is 22.9. The Bertz CT molecular complexity index is 812. The van der Waals surface area contributed by atoms with E-state index in [0.29, 0.717) is 6.42 Å². The SMILES string of the molecule is CC/C=C\C/C=C\C/C=C\CCCCCCCC(=O)NC(CO)C(O)/C=C/CC/C=C/CCCCCCCCCCCCCCCCC. The van der Waals surface area contributed by atoms with Gasteiger partial charge in [0.05, 0.1) is 18.8 Å². The molecule has 0 heterocycles. The van der Waals surface area contributed by atoms with Crippen molar-refractivity contribution in [1.29, 1.82) is 0 Å². The second-order valence-corrected chi connectivity index (χ2v) is 13.7. The van der Waals surface area contributed by atoms with Gasteiger partial charge in [0.15, 0.2) is 0 Å². The van der Waals surface area contributed by atoms with Crippen molar-refractivity contribution in [2.24, 2.45) is 0 Å². The molecule has 48 heavy (non-hydrogen) atoms. The minimum atomic E-state index is -0.871. The fraction of sp³-hybridized carbons (Fsp3) is 0.750. The maximum absolute atomic E-state index is 12.3. The van der Waals surface area contributed by atoms with E-state index in [9.17, 15) is 15.0 Å². The second-order valence-electron chi connectivity index (χ2n) is 13.7. The number of allylic oxidation sites excluding steroid dienone is 9. The summed E-state index contributed by atoms with van der Waals surface area (Å²) in [5.74, 6) is -0.0931. The standard InChI is InChI=1S/C44H79NO3/c1-3-5-7-9-11-13-15-17-19-20-21-22-23-24-26-27-29-31-33-35-37-39-43(47)42(41-46)45-44(48)40-38-36-34-32-30-28-25-18-16-14-12-10-8-6-4-2/h6,8,12,14,18,25,29,31,37,39,42-43,46-47H,3-5,7,9-11,13,15-17,19-24,26-28,30,32-36,38,40-41H2,1-2H3,(H,45,48)/b8-6-,14-12-,25-18-,31-29+,39-37+. The molecule has 2 unspecified atom stereocenters. The van der Waals surface area contributed by atoms with Crippen molar-refractivity contribution in [2.75, 3.05) is 6.61 Å². The van der Waals surface area contributed by atoms with Crippen molar-refractivity contribution >= 4 is 5.91 Å². The average molecular weight is 670 g/mol. The van der Waals surface area contributed by atoms with Crippen LogP contribution in [0.15, 0.2) is 60.8 Å². The minimum absolute atomic E-state index is 0.0931. The topological polar surface area (TPSA) is 69.6 Å². The highest BCUT2D eigenvalue weighted by molar-refractivity contribution is 5.76. The molecule has 0 spiro atoms. The first kappa shape index (κ1) is 46.1. The Labute approximate surface area is 298 Å². The smallest absolute Gasteiger partial charge is 0.220 e. The fourth-order valence-corrected chi connectivity index (χ4v) is 5.85. The fourth-order valence-electron chi connectivity index (χ4n) is 5.85. The van der Waals surface area contributed by atoms with Crippen LogP contribution in [0.4, 0.5) is 0 Å². The molecule has 0 saturated heterocycles. The summed E-state index contributed by atoms with van der Waals surface area (Å²) in [6.45, 7) is 4.17. The van der Waals surface area contributed by atoms with Crippen LogP contribution >= 0.6 is 0 Å². The van der Waals surface area contributed by atoms with E-state index in [2.05, 4.69) is 67.8 Å². The third kappa shape index (κ3) is 35.4. The first-order chi connectivity index (χ1) is 23.7. The summed E-state index contributed by atoms with van der Waals surface area (Å²) in [6, 6.07) is -0.649. The van der Waals surface area contributed by atoms with Gasteiger partial charge in [0.1, 0.15) is 0 Å². The predicted molar refractivity (Wildman–Crippen MR) is 211 cm³/mol. The van der Waals surface area contributed by atoms with Crippen molar-refractivity contribution in [3.8, 4) is 0 Å². The molecule has 0 aliphatic heterocycles. The summed E-state index contributed by atoms with van der Waals surface area (Å²) in [7, 11) is 0. The Balaban J connectivity index is 3.66. The summed E-state index contributed by atoms with van der Waals surface area (Å²) in [4.78, 5) is 12.3. The van der Waals surface area contributed by atoms with E-state index in [1.807, 2.05) is 6.08 Å². The van der Waals surface area contributed by atoms with Gasteiger partial charge in [-0.2, -0.15) is 0 Å². The summed E-state index contributed by atoms with van der Waals surface area (Å²) >= 11 is 0. The molecular weight excluding hydrogens is 590 g/mol. The third-order valence-electron chi connectivity index (χ3n) is 8.98. The molecule has 4 nitrogen and oxygen atoms in total. The van der Waals surface area contributed by atoms with Gasteiger partial charge in [-0.05, 0) is 64.2 Å². The van der Waals surface area contributed by atoms with Crippen LogP contribution in [0.2, 0.25) is 0 Å². The van der Waals surface area contributed by atoms with Crippen molar-refractivity contribution < 1.29 is 15.0 Å². The molecule has 3 N–H and O–H groups in total. The van der Waals surface area contributed by atoms with Gasteiger partial charge >= 0.3 is 0 Å². The van der Waals surface area contributed by atoms with Crippen molar-refractivity contribution in [1.82, 2.24) is 5.32 Å². The van der Waals surface area contributed by atoms with Crippen molar-refractivity contribution in [3.63, 3.8) is 0 Å². The number of hydrogen-bond acceptors (Lipinski definition) is 3. The van der Waals surface area contributed by atoms with Crippen LogP contribution in [0, 0.1) is 0 Å². The summed E-state index contributed by atoms with van der Waals surface area (Å²) in [6.07, 6.45) is 54.6. The number of amides is 1. The van der Waals surface area contributed by atoms with Gasteiger partial charge < -0.3 is 15.5 Å². The van der Waals surface area contributed by atoms with Gasteiger partial charge in [-0.25, -0.2) is 0 Å². The van der Waals surface area contributed by atoms with Gasteiger partial charge in [0.25, 0.3) is 0 Å².